The third kappa shape index (κ3) is 3.94. The summed E-state index contributed by atoms with van der Waals surface area (Å²) in [7, 11) is 1.97. The van der Waals surface area contributed by atoms with Gasteiger partial charge in [-0.3, -0.25) is 14.2 Å². The molecule has 1 aliphatic heterocycles. The van der Waals surface area contributed by atoms with Crippen LogP contribution in [-0.2, 0) is 24.8 Å². The maximum Gasteiger partial charge on any atom is 0.228 e. The summed E-state index contributed by atoms with van der Waals surface area (Å²) in [6.07, 6.45) is 10.1. The van der Waals surface area contributed by atoms with Crippen molar-refractivity contribution in [3.05, 3.63) is 47.1 Å². The maximum absolute atomic E-state index is 13.1. The van der Waals surface area contributed by atoms with Crippen LogP contribution in [0.25, 0.3) is 11.1 Å². The maximum atomic E-state index is 13.1. The zero-order valence-electron chi connectivity index (χ0n) is 18.8. The van der Waals surface area contributed by atoms with Gasteiger partial charge < -0.3 is 5.32 Å². The van der Waals surface area contributed by atoms with Gasteiger partial charge in [-0.1, -0.05) is 31.9 Å². The van der Waals surface area contributed by atoms with Gasteiger partial charge in [0, 0.05) is 60.3 Å². The third-order valence-corrected chi connectivity index (χ3v) is 7.19. The highest BCUT2D eigenvalue weighted by Gasteiger charge is 2.33. The second kappa shape index (κ2) is 8.03. The molecule has 1 saturated carbocycles. The number of nitrogens with zero attached hydrogens (tertiary/aromatic N) is 5. The van der Waals surface area contributed by atoms with Crippen LogP contribution in [-0.4, -0.2) is 30.5 Å². The number of hydrogen-bond donors (Lipinski definition) is 1. The number of anilines is 1. The van der Waals surface area contributed by atoms with E-state index >= 15 is 0 Å². The number of hydrogen-bond acceptors (Lipinski definition) is 4. The van der Waals surface area contributed by atoms with Gasteiger partial charge in [-0.15, -0.1) is 0 Å². The number of rotatable bonds is 4. The number of pyridine rings is 1. The average molecular weight is 453 g/mol. The minimum atomic E-state index is -0.0363. The van der Waals surface area contributed by atoms with E-state index in [9.17, 15) is 4.79 Å². The summed E-state index contributed by atoms with van der Waals surface area (Å²) < 4.78 is 3.98. The van der Waals surface area contributed by atoms with Crippen molar-refractivity contribution >= 4 is 23.3 Å². The van der Waals surface area contributed by atoms with Crippen molar-refractivity contribution in [2.45, 2.75) is 58.4 Å². The van der Waals surface area contributed by atoms with E-state index in [4.69, 9.17) is 11.6 Å². The second-order valence-corrected chi connectivity index (χ2v) is 10.4. The summed E-state index contributed by atoms with van der Waals surface area (Å²) in [6, 6.07) is 3.94. The molecule has 4 heterocycles. The number of aryl methyl sites for hydroxylation is 1. The lowest BCUT2D eigenvalue weighted by Gasteiger charge is -2.28. The number of carbonyl (C=O) groups is 1. The first-order chi connectivity index (χ1) is 15.3. The Kier molecular flexibility index (Phi) is 5.32. The summed E-state index contributed by atoms with van der Waals surface area (Å²) in [6.45, 7) is 5.39. The number of amides is 1. The minimum Gasteiger partial charge on any atom is -0.310 e. The predicted octanol–water partition coefficient (Wildman–Crippen LogP) is 4.83. The molecule has 1 fully saturated rings. The van der Waals surface area contributed by atoms with E-state index in [1.807, 2.05) is 30.2 Å². The third-order valence-electron chi connectivity index (χ3n) is 6.89. The monoisotopic (exact) mass is 452 g/mol. The molecule has 3 aromatic heterocycles. The van der Waals surface area contributed by atoms with Crippen molar-refractivity contribution in [2.24, 2.45) is 18.4 Å². The standard InChI is InChI=1S/C24H29ClN6O/c1-24(2)11-21-18(12-28-31(21)14-24)17-10-22(26-13-19(17)25)29-23(32)16-6-4-5-15(9-16)20-7-8-27-30(20)3/h7-8,10,12-13,15-16H,4-6,9,11,14H2,1-3H3,(H,26,29,32)/t15-,16+/m1/s1. The van der Waals surface area contributed by atoms with Crippen molar-refractivity contribution in [1.29, 1.82) is 0 Å². The molecule has 168 valence electrons. The van der Waals surface area contributed by atoms with Crippen molar-refractivity contribution in [1.82, 2.24) is 24.5 Å². The van der Waals surface area contributed by atoms with Crippen LogP contribution >= 0.6 is 11.6 Å². The van der Waals surface area contributed by atoms with Gasteiger partial charge in [0.15, 0.2) is 0 Å². The molecule has 0 unspecified atom stereocenters. The van der Waals surface area contributed by atoms with E-state index in [2.05, 4.69) is 45.1 Å². The fourth-order valence-electron chi connectivity index (χ4n) is 5.30. The topological polar surface area (TPSA) is 77.6 Å². The van der Waals surface area contributed by atoms with Crippen LogP contribution < -0.4 is 5.32 Å². The quantitative estimate of drug-likeness (QED) is 0.615. The van der Waals surface area contributed by atoms with Gasteiger partial charge in [0.1, 0.15) is 5.82 Å². The first kappa shape index (κ1) is 21.2. The van der Waals surface area contributed by atoms with Gasteiger partial charge in [-0.2, -0.15) is 10.2 Å². The van der Waals surface area contributed by atoms with Crippen LogP contribution in [0.1, 0.15) is 56.8 Å². The lowest BCUT2D eigenvalue weighted by Crippen LogP contribution is -2.28. The Balaban J connectivity index is 1.34. The van der Waals surface area contributed by atoms with Gasteiger partial charge >= 0.3 is 0 Å². The molecule has 3 aromatic rings. The predicted molar refractivity (Wildman–Crippen MR) is 124 cm³/mol. The van der Waals surface area contributed by atoms with E-state index in [-0.39, 0.29) is 17.2 Å². The molecule has 0 saturated heterocycles. The van der Waals surface area contributed by atoms with Gasteiger partial charge in [0.05, 0.1) is 11.2 Å². The smallest absolute Gasteiger partial charge is 0.228 e. The molecule has 0 bridgehead atoms. The molecule has 0 spiro atoms. The van der Waals surface area contributed by atoms with E-state index in [0.717, 1.165) is 49.8 Å². The number of aromatic nitrogens is 5. The molecule has 1 N–H and O–H groups in total. The molecule has 7 nitrogen and oxygen atoms in total. The Morgan fingerprint density at radius 3 is 2.84 bits per heavy atom. The van der Waals surface area contributed by atoms with E-state index in [0.29, 0.717) is 16.8 Å². The molecule has 0 radical (unpaired) electrons. The number of nitrogens with one attached hydrogen (secondary N) is 1. The molecule has 1 aliphatic carbocycles. The molecule has 2 atom stereocenters. The first-order valence-electron chi connectivity index (χ1n) is 11.3. The molecule has 5 rings (SSSR count). The zero-order chi connectivity index (χ0) is 22.5. The summed E-state index contributed by atoms with van der Waals surface area (Å²) >= 11 is 6.52. The van der Waals surface area contributed by atoms with Crippen LogP contribution in [0.3, 0.4) is 0 Å². The van der Waals surface area contributed by atoms with Crippen molar-refractivity contribution in [3.63, 3.8) is 0 Å². The normalized spacial score (nSPS) is 22.0. The molecule has 8 heteroatoms. The second-order valence-electron chi connectivity index (χ2n) is 9.98. The summed E-state index contributed by atoms with van der Waals surface area (Å²) in [5.74, 6) is 0.887. The molecular weight excluding hydrogens is 424 g/mol. The summed E-state index contributed by atoms with van der Waals surface area (Å²) in [4.78, 5) is 17.5. The van der Waals surface area contributed by atoms with Crippen LogP contribution in [0.4, 0.5) is 5.82 Å². The molecular formula is C24H29ClN6O. The van der Waals surface area contributed by atoms with Gasteiger partial charge in [-0.25, -0.2) is 4.98 Å². The van der Waals surface area contributed by atoms with Crippen LogP contribution in [0.2, 0.25) is 5.02 Å². The lowest BCUT2D eigenvalue weighted by atomic mass is 9.79. The fourth-order valence-corrected chi connectivity index (χ4v) is 5.50. The highest BCUT2D eigenvalue weighted by Crippen LogP contribution is 2.40. The van der Waals surface area contributed by atoms with Gasteiger partial charge in [0.25, 0.3) is 0 Å². The Bertz CT molecular complexity index is 1160. The number of carbonyl (C=O) groups excluding carboxylic acids is 1. The summed E-state index contributed by atoms with van der Waals surface area (Å²) in [5, 5.41) is 12.5. The summed E-state index contributed by atoms with van der Waals surface area (Å²) in [5.41, 5.74) is 4.46. The Labute approximate surface area is 193 Å². The number of halogens is 1. The van der Waals surface area contributed by atoms with Crippen LogP contribution in [0.5, 0.6) is 0 Å². The highest BCUT2D eigenvalue weighted by atomic mass is 35.5. The van der Waals surface area contributed by atoms with E-state index in [1.165, 1.54) is 11.4 Å². The van der Waals surface area contributed by atoms with E-state index in [1.54, 1.807) is 6.20 Å². The molecule has 0 aromatic carbocycles. The number of fused-ring (bicyclic) bond motifs is 1. The average Bonchev–Trinajstić information content (AvgIpc) is 3.43. The highest BCUT2D eigenvalue weighted by molar-refractivity contribution is 6.33. The largest absolute Gasteiger partial charge is 0.310 e. The Hall–Kier alpha value is -2.67. The van der Waals surface area contributed by atoms with Crippen molar-refractivity contribution in [2.75, 3.05) is 5.32 Å². The Morgan fingerprint density at radius 2 is 2.06 bits per heavy atom. The Morgan fingerprint density at radius 1 is 1.22 bits per heavy atom. The SMILES string of the molecule is Cn1nccc1[C@@H]1CCC[C@H](C(=O)Nc2cc(-c3cnn4c3CC(C)(C)C4)c(Cl)cn2)C1. The minimum absolute atomic E-state index is 0.0269. The lowest BCUT2D eigenvalue weighted by molar-refractivity contribution is -0.121. The van der Waals surface area contributed by atoms with Crippen LogP contribution in [0, 0.1) is 11.3 Å². The first-order valence-corrected chi connectivity index (χ1v) is 11.7. The fraction of sp³-hybridized carbons (Fsp3) is 0.500. The zero-order valence-corrected chi connectivity index (χ0v) is 19.6. The van der Waals surface area contributed by atoms with E-state index < -0.39 is 0 Å². The molecule has 1 amide bonds. The van der Waals surface area contributed by atoms with Crippen molar-refractivity contribution < 1.29 is 4.79 Å². The molecule has 2 aliphatic rings. The van der Waals surface area contributed by atoms with Gasteiger partial charge in [-0.05, 0) is 43.2 Å². The van der Waals surface area contributed by atoms with Gasteiger partial charge in [0.2, 0.25) is 5.91 Å². The van der Waals surface area contributed by atoms with Crippen LogP contribution in [0.15, 0.2) is 30.7 Å². The van der Waals surface area contributed by atoms with Crippen molar-refractivity contribution in [3.8, 4) is 11.1 Å². The molecule has 32 heavy (non-hydrogen) atoms.